The van der Waals surface area contributed by atoms with E-state index < -0.39 is 0 Å². The van der Waals surface area contributed by atoms with Gasteiger partial charge in [0, 0.05) is 13.7 Å². The zero-order valence-electron chi connectivity index (χ0n) is 11.0. The van der Waals surface area contributed by atoms with Crippen LogP contribution in [0.15, 0.2) is 10.7 Å². The van der Waals surface area contributed by atoms with Crippen LogP contribution in [0.1, 0.15) is 23.8 Å². The van der Waals surface area contributed by atoms with Gasteiger partial charge in [-0.15, -0.1) is 0 Å². The summed E-state index contributed by atoms with van der Waals surface area (Å²) >= 11 is 0. The first-order chi connectivity index (χ1) is 9.19. The summed E-state index contributed by atoms with van der Waals surface area (Å²) in [7, 11) is 1.59. The van der Waals surface area contributed by atoms with Crippen LogP contribution in [0.3, 0.4) is 0 Å². The van der Waals surface area contributed by atoms with Crippen molar-refractivity contribution in [3.8, 4) is 6.08 Å². The zero-order valence-corrected chi connectivity index (χ0v) is 11.0. The van der Waals surface area contributed by atoms with Gasteiger partial charge in [-0.05, 0) is 13.3 Å². The zero-order chi connectivity index (χ0) is 13.8. The molecule has 1 aromatic rings. The molecule has 1 aromatic heterocycles. The van der Waals surface area contributed by atoms with Gasteiger partial charge in [-0.2, -0.15) is 4.98 Å². The maximum absolute atomic E-state index is 12.3. The molecule has 1 aliphatic heterocycles. The molecule has 1 fully saturated rings. The van der Waals surface area contributed by atoms with Gasteiger partial charge < -0.3 is 23.9 Å². The Kier molecular flexibility index (Phi) is 4.39. The monoisotopic (exact) mass is 270 g/mol. The largest absolute Gasteiger partial charge is 0.450 e. The lowest BCUT2D eigenvalue weighted by Gasteiger charge is -2.21. The molecule has 1 saturated heterocycles. The van der Waals surface area contributed by atoms with Crippen LogP contribution in [-0.4, -0.2) is 59.9 Å². The minimum Gasteiger partial charge on any atom is -0.450 e. The topological polar surface area (TPSA) is 85.0 Å². The molecule has 2 atom stereocenters. The van der Waals surface area contributed by atoms with E-state index in [1.807, 2.05) is 0 Å². The molecule has 1 amide bonds. The first-order valence-corrected chi connectivity index (χ1v) is 6.22. The van der Waals surface area contributed by atoms with E-state index in [0.717, 1.165) is 0 Å². The molecule has 0 saturated carbocycles. The number of ether oxygens (including phenoxy) is 2. The number of carbonyl (C=O) groups excluding carboxylic acids is 1. The van der Waals surface area contributed by atoms with Crippen molar-refractivity contribution in [2.24, 2.45) is 0 Å². The molecule has 2 rings (SSSR count). The number of oxazole rings is 1. The van der Waals surface area contributed by atoms with Crippen molar-refractivity contribution in [3.63, 3.8) is 0 Å². The fourth-order valence-corrected chi connectivity index (χ4v) is 2.16. The number of amides is 1. The van der Waals surface area contributed by atoms with Gasteiger partial charge in [0.1, 0.15) is 6.26 Å². The number of aliphatic hydroxyl groups is 1. The fourth-order valence-electron chi connectivity index (χ4n) is 2.16. The third-order valence-electron chi connectivity index (χ3n) is 3.15. The van der Waals surface area contributed by atoms with E-state index in [1.54, 1.807) is 18.9 Å². The highest BCUT2D eigenvalue weighted by Gasteiger charge is 2.36. The third-order valence-corrected chi connectivity index (χ3v) is 3.15. The number of nitrogens with zero attached hydrogens (tertiary/aromatic N) is 2. The minimum absolute atomic E-state index is 0.0561. The number of hydrogen-bond acceptors (Lipinski definition) is 6. The summed E-state index contributed by atoms with van der Waals surface area (Å²) in [6, 6.07) is -0.246. The number of carbonyl (C=O) groups is 1. The SMILES string of the molecule is CCOc1nc(C(=O)N2C[C@H](OC)C[C@H]2CO)co1. The van der Waals surface area contributed by atoms with Gasteiger partial charge in [0.05, 0.1) is 25.4 Å². The maximum atomic E-state index is 12.3. The van der Waals surface area contributed by atoms with Crippen molar-refractivity contribution in [2.45, 2.75) is 25.5 Å². The summed E-state index contributed by atoms with van der Waals surface area (Å²) in [5.41, 5.74) is 0.179. The second-order valence-corrected chi connectivity index (χ2v) is 4.32. The van der Waals surface area contributed by atoms with Gasteiger partial charge in [-0.3, -0.25) is 4.79 Å². The average molecular weight is 270 g/mol. The molecule has 0 radical (unpaired) electrons. The first kappa shape index (κ1) is 13.8. The fraction of sp³-hybridized carbons (Fsp3) is 0.667. The summed E-state index contributed by atoms with van der Waals surface area (Å²) in [6.45, 7) is 2.57. The lowest BCUT2D eigenvalue weighted by molar-refractivity contribution is 0.0642. The van der Waals surface area contributed by atoms with Crippen LogP contribution in [0.4, 0.5) is 0 Å². The lowest BCUT2D eigenvalue weighted by atomic mass is 10.2. The summed E-state index contributed by atoms with van der Waals surface area (Å²) < 4.78 is 15.3. The quantitative estimate of drug-likeness (QED) is 0.828. The molecule has 0 aromatic carbocycles. The van der Waals surface area contributed by atoms with Crippen molar-refractivity contribution < 1.29 is 23.8 Å². The number of methoxy groups -OCH3 is 1. The van der Waals surface area contributed by atoms with Crippen LogP contribution in [-0.2, 0) is 4.74 Å². The third kappa shape index (κ3) is 2.87. The highest BCUT2D eigenvalue weighted by Crippen LogP contribution is 2.22. The van der Waals surface area contributed by atoms with Crippen LogP contribution < -0.4 is 4.74 Å². The van der Waals surface area contributed by atoms with Crippen molar-refractivity contribution in [1.82, 2.24) is 9.88 Å². The van der Waals surface area contributed by atoms with E-state index in [2.05, 4.69) is 4.98 Å². The van der Waals surface area contributed by atoms with Gasteiger partial charge in [-0.25, -0.2) is 0 Å². The molecule has 1 N–H and O–H groups in total. The summed E-state index contributed by atoms with van der Waals surface area (Å²) in [5, 5.41) is 9.32. The van der Waals surface area contributed by atoms with Crippen LogP contribution in [0.5, 0.6) is 6.08 Å². The second-order valence-electron chi connectivity index (χ2n) is 4.32. The highest BCUT2D eigenvalue weighted by molar-refractivity contribution is 5.92. The Bertz CT molecular complexity index is 434. The van der Waals surface area contributed by atoms with Crippen LogP contribution in [0.25, 0.3) is 0 Å². The van der Waals surface area contributed by atoms with E-state index in [4.69, 9.17) is 13.9 Å². The molecule has 0 bridgehead atoms. The summed E-state index contributed by atoms with van der Waals surface area (Å²) in [5.74, 6) is -0.284. The molecule has 0 unspecified atom stereocenters. The van der Waals surface area contributed by atoms with Gasteiger partial charge >= 0.3 is 6.08 Å². The van der Waals surface area contributed by atoms with Gasteiger partial charge in [-0.1, -0.05) is 0 Å². The maximum Gasteiger partial charge on any atom is 0.394 e. The van der Waals surface area contributed by atoms with E-state index in [9.17, 15) is 9.90 Å². The molecule has 1 aliphatic rings. The average Bonchev–Trinajstić information content (AvgIpc) is 3.04. The van der Waals surface area contributed by atoms with Crippen LogP contribution in [0, 0.1) is 0 Å². The molecular formula is C12H18N2O5. The van der Waals surface area contributed by atoms with E-state index in [0.29, 0.717) is 19.6 Å². The Morgan fingerprint density at radius 1 is 1.68 bits per heavy atom. The van der Waals surface area contributed by atoms with Gasteiger partial charge in [0.15, 0.2) is 5.69 Å². The second kappa shape index (κ2) is 6.03. The Hall–Kier alpha value is -1.60. The van der Waals surface area contributed by atoms with Gasteiger partial charge in [0.25, 0.3) is 5.91 Å². The van der Waals surface area contributed by atoms with Crippen molar-refractivity contribution >= 4 is 5.91 Å². The van der Waals surface area contributed by atoms with E-state index in [1.165, 1.54) is 6.26 Å². The highest BCUT2D eigenvalue weighted by atomic mass is 16.6. The Labute approximate surface area is 111 Å². The summed E-state index contributed by atoms with van der Waals surface area (Å²) in [6.07, 6.45) is 1.91. The number of rotatable bonds is 5. The molecule has 0 spiro atoms. The lowest BCUT2D eigenvalue weighted by Crippen LogP contribution is -2.38. The van der Waals surface area contributed by atoms with Crippen molar-refractivity contribution in [1.29, 1.82) is 0 Å². The van der Waals surface area contributed by atoms with Crippen LogP contribution >= 0.6 is 0 Å². The predicted molar refractivity (Wildman–Crippen MR) is 65.0 cm³/mol. The summed E-state index contributed by atoms with van der Waals surface area (Å²) in [4.78, 5) is 17.8. The molecule has 7 heteroatoms. The first-order valence-electron chi connectivity index (χ1n) is 6.22. The van der Waals surface area contributed by atoms with Gasteiger partial charge in [0.2, 0.25) is 0 Å². The number of aromatic nitrogens is 1. The number of hydrogen-bond donors (Lipinski definition) is 1. The molecule has 0 aliphatic carbocycles. The molecule has 106 valence electrons. The molecule has 7 nitrogen and oxygen atoms in total. The smallest absolute Gasteiger partial charge is 0.394 e. The van der Waals surface area contributed by atoms with Crippen LogP contribution in [0.2, 0.25) is 0 Å². The Morgan fingerprint density at radius 3 is 3.11 bits per heavy atom. The molecule has 2 heterocycles. The number of likely N-dealkylation sites (tertiary alicyclic amines) is 1. The van der Waals surface area contributed by atoms with E-state index in [-0.39, 0.29) is 36.4 Å². The Balaban J connectivity index is 2.09. The minimum atomic E-state index is -0.284. The Morgan fingerprint density at radius 2 is 2.47 bits per heavy atom. The van der Waals surface area contributed by atoms with Crippen molar-refractivity contribution in [2.75, 3.05) is 26.9 Å². The molecular weight excluding hydrogens is 252 g/mol. The number of aliphatic hydroxyl groups excluding tert-OH is 1. The standard InChI is InChI=1S/C12H18N2O5/c1-3-18-12-13-10(7-19-12)11(16)14-5-9(17-2)4-8(14)6-15/h7-9,15H,3-6H2,1-2H3/t8-,9+/m0/s1. The normalized spacial score (nSPS) is 22.8. The van der Waals surface area contributed by atoms with E-state index >= 15 is 0 Å². The van der Waals surface area contributed by atoms with Crippen molar-refractivity contribution in [3.05, 3.63) is 12.0 Å². The predicted octanol–water partition coefficient (Wildman–Crippen LogP) is 0.295. The molecule has 19 heavy (non-hydrogen) atoms.